The van der Waals surface area contributed by atoms with Crippen molar-refractivity contribution >= 4 is 11.6 Å². The fourth-order valence-corrected chi connectivity index (χ4v) is 4.48. The minimum absolute atomic E-state index is 0.0708. The van der Waals surface area contributed by atoms with Gasteiger partial charge in [0.2, 0.25) is 5.91 Å². The number of carbonyl (C=O) groups is 1. The van der Waals surface area contributed by atoms with Crippen LogP contribution in [0.1, 0.15) is 30.9 Å². The molecule has 1 amide bonds. The number of anilines is 1. The Kier molecular flexibility index (Phi) is 5.91. The van der Waals surface area contributed by atoms with Crippen molar-refractivity contribution in [2.24, 2.45) is 5.92 Å². The number of likely N-dealkylation sites (tertiary alicyclic amines) is 1. The molecule has 0 aromatic heterocycles. The molecule has 28 heavy (non-hydrogen) atoms. The first-order valence-electron chi connectivity index (χ1n) is 10.3. The summed E-state index contributed by atoms with van der Waals surface area (Å²) in [6.07, 6.45) is 3.12. The van der Waals surface area contributed by atoms with E-state index in [4.69, 9.17) is 0 Å². The summed E-state index contributed by atoms with van der Waals surface area (Å²) in [6.45, 7) is 4.02. The van der Waals surface area contributed by atoms with Crippen molar-refractivity contribution in [3.05, 3.63) is 66.0 Å². The lowest BCUT2D eigenvalue weighted by Gasteiger charge is -2.24. The molecule has 0 spiro atoms. The molecule has 2 heterocycles. The maximum absolute atomic E-state index is 13.6. The summed E-state index contributed by atoms with van der Waals surface area (Å²) in [5.41, 5.74) is 2.23. The maximum atomic E-state index is 13.6. The van der Waals surface area contributed by atoms with E-state index in [1.54, 1.807) is 12.1 Å². The number of hydrogen-bond acceptors (Lipinski definition) is 3. The monoisotopic (exact) mass is 381 g/mol. The van der Waals surface area contributed by atoms with Crippen LogP contribution >= 0.6 is 0 Å². The second kappa shape index (κ2) is 8.74. The van der Waals surface area contributed by atoms with Crippen LogP contribution in [0, 0.1) is 11.7 Å². The minimum atomic E-state index is -0.210. The Morgan fingerprint density at radius 3 is 2.75 bits per heavy atom. The molecule has 148 valence electrons. The molecule has 4 nitrogen and oxygen atoms in total. The molecule has 2 aromatic carbocycles. The number of halogens is 1. The van der Waals surface area contributed by atoms with Gasteiger partial charge in [0.1, 0.15) is 5.82 Å². The predicted molar refractivity (Wildman–Crippen MR) is 110 cm³/mol. The summed E-state index contributed by atoms with van der Waals surface area (Å²) in [4.78, 5) is 17.1. The lowest BCUT2D eigenvalue weighted by atomic mass is 10.0. The Morgan fingerprint density at radius 2 is 1.93 bits per heavy atom. The third-order valence-electron chi connectivity index (χ3n) is 5.94. The molecule has 0 aliphatic carbocycles. The van der Waals surface area contributed by atoms with E-state index in [0.717, 1.165) is 51.0 Å². The molecule has 0 saturated carbocycles. The largest absolute Gasteiger partial charge is 0.371 e. The number of benzene rings is 2. The van der Waals surface area contributed by atoms with Crippen molar-refractivity contribution in [1.29, 1.82) is 0 Å². The second-order valence-corrected chi connectivity index (χ2v) is 7.92. The van der Waals surface area contributed by atoms with Crippen molar-refractivity contribution in [2.75, 3.05) is 37.6 Å². The zero-order valence-corrected chi connectivity index (χ0v) is 16.2. The molecule has 4 rings (SSSR count). The molecule has 2 aromatic rings. The average Bonchev–Trinajstić information content (AvgIpc) is 3.37. The number of nitrogens with zero attached hydrogens (tertiary/aromatic N) is 2. The lowest BCUT2D eigenvalue weighted by molar-refractivity contribution is -0.122. The van der Waals surface area contributed by atoms with E-state index >= 15 is 0 Å². The molecule has 1 N–H and O–H groups in total. The van der Waals surface area contributed by atoms with Gasteiger partial charge in [0, 0.05) is 31.4 Å². The van der Waals surface area contributed by atoms with E-state index in [9.17, 15) is 9.18 Å². The minimum Gasteiger partial charge on any atom is -0.371 e. The molecule has 2 aliphatic heterocycles. The molecule has 5 heteroatoms. The first kappa shape index (κ1) is 18.9. The second-order valence-electron chi connectivity index (χ2n) is 7.92. The fourth-order valence-electron chi connectivity index (χ4n) is 4.48. The quantitative estimate of drug-likeness (QED) is 0.830. The van der Waals surface area contributed by atoms with Crippen LogP contribution in [-0.2, 0) is 4.79 Å². The van der Waals surface area contributed by atoms with Gasteiger partial charge in [0.05, 0.1) is 6.54 Å². The highest BCUT2D eigenvalue weighted by Gasteiger charge is 2.28. The topological polar surface area (TPSA) is 35.6 Å². The highest BCUT2D eigenvalue weighted by molar-refractivity contribution is 5.78. The van der Waals surface area contributed by atoms with Crippen LogP contribution in [0.2, 0.25) is 0 Å². The first-order valence-corrected chi connectivity index (χ1v) is 10.3. The summed E-state index contributed by atoms with van der Waals surface area (Å²) >= 11 is 0. The molecular weight excluding hydrogens is 353 g/mol. The van der Waals surface area contributed by atoms with Gasteiger partial charge in [0.15, 0.2) is 0 Å². The molecule has 2 aliphatic rings. The molecule has 0 radical (unpaired) electrons. The van der Waals surface area contributed by atoms with E-state index in [1.807, 2.05) is 12.1 Å². The van der Waals surface area contributed by atoms with E-state index in [-0.39, 0.29) is 17.8 Å². The number of amides is 1. The maximum Gasteiger partial charge on any atom is 0.234 e. The van der Waals surface area contributed by atoms with Crippen LogP contribution in [0.15, 0.2) is 54.6 Å². The predicted octanol–water partition coefficient (Wildman–Crippen LogP) is 3.61. The highest BCUT2D eigenvalue weighted by atomic mass is 19.1. The number of nitrogens with one attached hydrogen (secondary N) is 1. The third-order valence-corrected chi connectivity index (χ3v) is 5.94. The van der Waals surface area contributed by atoms with Gasteiger partial charge in [-0.2, -0.15) is 0 Å². The van der Waals surface area contributed by atoms with Crippen molar-refractivity contribution in [2.45, 2.75) is 25.3 Å². The summed E-state index contributed by atoms with van der Waals surface area (Å²) in [5, 5.41) is 3.13. The van der Waals surface area contributed by atoms with Crippen molar-refractivity contribution in [3.63, 3.8) is 0 Å². The standard InChI is InChI=1S/C23H28FN3O/c24-20-7-4-6-19(14-20)22-10-5-12-27(22)17-23(28)25-15-18-11-13-26(16-18)21-8-2-1-3-9-21/h1-4,6-9,14,18,22H,5,10-13,15-17H2,(H,25,28)/t18-,22+/m1/s1. The van der Waals surface area contributed by atoms with Gasteiger partial charge >= 0.3 is 0 Å². The smallest absolute Gasteiger partial charge is 0.234 e. The Morgan fingerprint density at radius 1 is 1.07 bits per heavy atom. The molecule has 2 atom stereocenters. The Bertz CT molecular complexity index is 797. The number of rotatable bonds is 6. The number of hydrogen-bond donors (Lipinski definition) is 1. The van der Waals surface area contributed by atoms with Crippen molar-refractivity contribution in [1.82, 2.24) is 10.2 Å². The van der Waals surface area contributed by atoms with Crippen LogP contribution in [0.25, 0.3) is 0 Å². The van der Waals surface area contributed by atoms with Gasteiger partial charge in [-0.3, -0.25) is 9.69 Å². The average molecular weight is 381 g/mol. The third kappa shape index (κ3) is 4.53. The van der Waals surface area contributed by atoms with Gasteiger partial charge in [-0.25, -0.2) is 4.39 Å². The van der Waals surface area contributed by atoms with E-state index in [1.165, 1.54) is 11.8 Å². The van der Waals surface area contributed by atoms with E-state index < -0.39 is 0 Å². The SMILES string of the molecule is O=C(CN1CCC[C@H]1c1cccc(F)c1)NC[C@H]1CCN(c2ccccc2)C1. The summed E-state index contributed by atoms with van der Waals surface area (Å²) in [7, 11) is 0. The van der Waals surface area contributed by atoms with Crippen LogP contribution in [0.4, 0.5) is 10.1 Å². The zero-order chi connectivity index (χ0) is 19.3. The normalized spacial score (nSPS) is 22.5. The highest BCUT2D eigenvalue weighted by Crippen LogP contribution is 2.31. The summed E-state index contributed by atoms with van der Waals surface area (Å²) in [5.74, 6) is 0.348. The molecule has 0 unspecified atom stereocenters. The van der Waals surface area contributed by atoms with Gasteiger partial charge in [-0.1, -0.05) is 30.3 Å². The summed E-state index contributed by atoms with van der Waals surface area (Å²) in [6, 6.07) is 17.4. The first-order chi connectivity index (χ1) is 13.7. The van der Waals surface area contributed by atoms with Gasteiger partial charge < -0.3 is 10.2 Å². The Balaban J connectivity index is 1.26. The van der Waals surface area contributed by atoms with Crippen LogP contribution in [0.3, 0.4) is 0 Å². The molecular formula is C23H28FN3O. The molecule has 0 bridgehead atoms. The fraction of sp³-hybridized carbons (Fsp3) is 0.435. The zero-order valence-electron chi connectivity index (χ0n) is 16.2. The van der Waals surface area contributed by atoms with Crippen LogP contribution in [0.5, 0.6) is 0 Å². The van der Waals surface area contributed by atoms with E-state index in [2.05, 4.69) is 39.4 Å². The molecule has 2 saturated heterocycles. The van der Waals surface area contributed by atoms with Crippen molar-refractivity contribution in [3.8, 4) is 0 Å². The Hall–Kier alpha value is -2.40. The van der Waals surface area contributed by atoms with Crippen molar-refractivity contribution < 1.29 is 9.18 Å². The van der Waals surface area contributed by atoms with Gasteiger partial charge in [-0.05, 0) is 61.6 Å². The summed E-state index contributed by atoms with van der Waals surface area (Å²) < 4.78 is 13.6. The molecule has 2 fully saturated rings. The van der Waals surface area contributed by atoms with E-state index in [0.29, 0.717) is 12.5 Å². The van der Waals surface area contributed by atoms with Crippen LogP contribution in [-0.4, -0.2) is 43.5 Å². The van der Waals surface area contributed by atoms with Gasteiger partial charge in [-0.15, -0.1) is 0 Å². The van der Waals surface area contributed by atoms with Gasteiger partial charge in [0.25, 0.3) is 0 Å². The number of para-hydroxylation sites is 1. The van der Waals surface area contributed by atoms with Crippen LogP contribution < -0.4 is 10.2 Å². The number of carbonyl (C=O) groups excluding carboxylic acids is 1. The lowest BCUT2D eigenvalue weighted by Crippen LogP contribution is -2.39. The Labute approximate surface area is 166 Å².